The number of hydrogen-bond donors (Lipinski definition) is 2. The standard InChI is InChI=1S/C11H16F3N3O4/c1-2-3-16(6-11(12,13)14)10(21)17-5-8(18)15-4-7(17)9(19)20/h7H,2-6H2,1H3,(H,15,18)(H,19,20). The third-order valence-corrected chi connectivity index (χ3v) is 2.85. The number of carboxylic acids is 1. The minimum absolute atomic E-state index is 0.178. The molecule has 1 saturated heterocycles. The average Bonchev–Trinajstić information content (AvgIpc) is 2.35. The maximum Gasteiger partial charge on any atom is 0.406 e. The summed E-state index contributed by atoms with van der Waals surface area (Å²) in [5, 5.41) is 11.3. The normalized spacial score (nSPS) is 19.1. The number of nitrogens with zero attached hydrogens (tertiary/aromatic N) is 2. The highest BCUT2D eigenvalue weighted by atomic mass is 19.4. The first-order valence-corrected chi connectivity index (χ1v) is 6.27. The molecule has 0 saturated carbocycles. The van der Waals surface area contributed by atoms with Crippen LogP contribution in [-0.2, 0) is 9.59 Å². The number of carbonyl (C=O) groups is 3. The van der Waals surface area contributed by atoms with Crippen LogP contribution in [-0.4, -0.2) is 71.2 Å². The van der Waals surface area contributed by atoms with Crippen LogP contribution in [0.2, 0.25) is 0 Å². The topological polar surface area (TPSA) is 90.0 Å². The molecule has 7 nitrogen and oxygen atoms in total. The van der Waals surface area contributed by atoms with Crippen molar-refractivity contribution in [2.75, 3.05) is 26.2 Å². The van der Waals surface area contributed by atoms with E-state index in [1.807, 2.05) is 0 Å². The van der Waals surface area contributed by atoms with Gasteiger partial charge in [0.25, 0.3) is 0 Å². The van der Waals surface area contributed by atoms with E-state index in [2.05, 4.69) is 5.32 Å². The first-order chi connectivity index (χ1) is 9.65. The van der Waals surface area contributed by atoms with Crippen LogP contribution in [0.15, 0.2) is 0 Å². The van der Waals surface area contributed by atoms with Crippen LogP contribution in [0.1, 0.15) is 13.3 Å². The number of rotatable bonds is 4. The van der Waals surface area contributed by atoms with Crippen LogP contribution in [0.4, 0.5) is 18.0 Å². The van der Waals surface area contributed by atoms with Crippen molar-refractivity contribution in [2.45, 2.75) is 25.6 Å². The Morgan fingerprint density at radius 2 is 2.10 bits per heavy atom. The third-order valence-electron chi connectivity index (χ3n) is 2.85. The molecule has 3 amide bonds. The smallest absolute Gasteiger partial charge is 0.406 e. The summed E-state index contributed by atoms with van der Waals surface area (Å²) in [5.74, 6) is -1.99. The lowest BCUT2D eigenvalue weighted by Gasteiger charge is -2.36. The van der Waals surface area contributed by atoms with Crippen LogP contribution in [0, 0.1) is 0 Å². The summed E-state index contributed by atoms with van der Waals surface area (Å²) < 4.78 is 37.4. The van der Waals surface area contributed by atoms with Crippen molar-refractivity contribution >= 4 is 17.9 Å². The number of nitrogens with one attached hydrogen (secondary N) is 1. The molecule has 1 unspecified atom stereocenters. The van der Waals surface area contributed by atoms with E-state index >= 15 is 0 Å². The number of carboxylic acid groups (broad SMARTS) is 1. The average molecular weight is 311 g/mol. The highest BCUT2D eigenvalue weighted by Gasteiger charge is 2.40. The molecule has 0 spiro atoms. The van der Waals surface area contributed by atoms with Crippen molar-refractivity contribution in [3.8, 4) is 0 Å². The minimum Gasteiger partial charge on any atom is -0.480 e. The minimum atomic E-state index is -4.60. The van der Waals surface area contributed by atoms with Crippen LogP contribution < -0.4 is 5.32 Å². The molecule has 0 aliphatic carbocycles. The van der Waals surface area contributed by atoms with E-state index in [9.17, 15) is 27.6 Å². The zero-order valence-corrected chi connectivity index (χ0v) is 11.3. The lowest BCUT2D eigenvalue weighted by Crippen LogP contribution is -2.62. The van der Waals surface area contributed by atoms with Crippen molar-refractivity contribution < 1.29 is 32.7 Å². The van der Waals surface area contributed by atoms with Crippen molar-refractivity contribution in [2.24, 2.45) is 0 Å². The largest absolute Gasteiger partial charge is 0.480 e. The molecule has 0 aromatic rings. The number of aliphatic carboxylic acids is 1. The molecular formula is C11H16F3N3O4. The molecule has 120 valence electrons. The molecule has 1 rings (SSSR count). The van der Waals surface area contributed by atoms with Gasteiger partial charge in [0.05, 0.1) is 0 Å². The van der Waals surface area contributed by atoms with Crippen LogP contribution in [0.5, 0.6) is 0 Å². The summed E-state index contributed by atoms with van der Waals surface area (Å²) in [4.78, 5) is 35.6. The van der Waals surface area contributed by atoms with Gasteiger partial charge >= 0.3 is 18.2 Å². The zero-order valence-electron chi connectivity index (χ0n) is 11.3. The van der Waals surface area contributed by atoms with Gasteiger partial charge in [-0.3, -0.25) is 9.69 Å². The quantitative estimate of drug-likeness (QED) is 0.779. The Kier molecular flexibility index (Phi) is 5.39. The van der Waals surface area contributed by atoms with Gasteiger partial charge in [-0.1, -0.05) is 6.92 Å². The second-order valence-electron chi connectivity index (χ2n) is 4.61. The van der Waals surface area contributed by atoms with Crippen LogP contribution >= 0.6 is 0 Å². The maximum atomic E-state index is 12.5. The third kappa shape index (κ3) is 4.80. The molecule has 1 aliphatic heterocycles. The first-order valence-electron chi connectivity index (χ1n) is 6.27. The molecule has 1 atom stereocenters. The number of hydrogen-bond acceptors (Lipinski definition) is 3. The zero-order chi connectivity index (χ0) is 16.2. The summed E-state index contributed by atoms with van der Waals surface area (Å²) in [7, 11) is 0. The Balaban J connectivity index is 2.92. The second-order valence-corrected chi connectivity index (χ2v) is 4.61. The van der Waals surface area contributed by atoms with Crippen LogP contribution in [0.3, 0.4) is 0 Å². The van der Waals surface area contributed by atoms with Gasteiger partial charge in [0.15, 0.2) is 0 Å². The fraction of sp³-hybridized carbons (Fsp3) is 0.727. The predicted octanol–water partition coefficient (Wildman–Crippen LogP) is 0.266. The molecule has 0 aromatic carbocycles. The van der Waals surface area contributed by atoms with Gasteiger partial charge in [0.1, 0.15) is 19.1 Å². The highest BCUT2D eigenvalue weighted by Crippen LogP contribution is 2.19. The fourth-order valence-electron chi connectivity index (χ4n) is 1.97. The van der Waals surface area contributed by atoms with Gasteiger partial charge < -0.3 is 15.3 Å². The maximum absolute atomic E-state index is 12.5. The van der Waals surface area contributed by atoms with Gasteiger partial charge in [-0.25, -0.2) is 9.59 Å². The van der Waals surface area contributed by atoms with E-state index in [0.717, 1.165) is 0 Å². The van der Waals surface area contributed by atoms with Crippen molar-refractivity contribution in [1.29, 1.82) is 0 Å². The predicted molar refractivity (Wildman–Crippen MR) is 64.5 cm³/mol. The Labute approximate surface area is 118 Å². The second kappa shape index (κ2) is 6.64. The van der Waals surface area contributed by atoms with E-state index < -0.39 is 43.2 Å². The first kappa shape index (κ1) is 17.1. The molecule has 1 aliphatic rings. The molecule has 0 bridgehead atoms. The summed E-state index contributed by atoms with van der Waals surface area (Å²) in [5.41, 5.74) is 0. The van der Waals surface area contributed by atoms with Crippen molar-refractivity contribution in [3.05, 3.63) is 0 Å². The number of halogens is 3. The SMILES string of the molecule is CCCN(CC(F)(F)F)C(=O)N1CC(=O)NCC1C(=O)O. The van der Waals surface area contributed by atoms with Gasteiger partial charge in [-0.05, 0) is 6.42 Å². The van der Waals surface area contributed by atoms with E-state index in [-0.39, 0.29) is 19.5 Å². The van der Waals surface area contributed by atoms with Crippen molar-refractivity contribution in [1.82, 2.24) is 15.1 Å². The number of alkyl halides is 3. The molecule has 10 heteroatoms. The Hall–Kier alpha value is -2.00. The van der Waals surface area contributed by atoms with Crippen molar-refractivity contribution in [3.63, 3.8) is 0 Å². The van der Waals surface area contributed by atoms with Gasteiger partial charge in [-0.2, -0.15) is 13.2 Å². The number of carbonyl (C=O) groups excluding carboxylic acids is 2. The fourth-order valence-corrected chi connectivity index (χ4v) is 1.97. The van der Waals surface area contributed by atoms with Crippen LogP contribution in [0.25, 0.3) is 0 Å². The number of piperazine rings is 1. The lowest BCUT2D eigenvalue weighted by atomic mass is 10.2. The summed E-state index contributed by atoms with van der Waals surface area (Å²) >= 11 is 0. The van der Waals surface area contributed by atoms with Gasteiger partial charge in [0.2, 0.25) is 5.91 Å². The Morgan fingerprint density at radius 1 is 1.48 bits per heavy atom. The highest BCUT2D eigenvalue weighted by molar-refractivity contribution is 5.90. The molecular weight excluding hydrogens is 295 g/mol. The molecule has 0 aromatic heterocycles. The molecule has 1 heterocycles. The Bertz CT molecular complexity index is 427. The summed E-state index contributed by atoms with van der Waals surface area (Å²) in [6, 6.07) is -2.47. The van der Waals surface area contributed by atoms with E-state index in [4.69, 9.17) is 5.11 Å². The number of urea groups is 1. The molecule has 0 radical (unpaired) electrons. The summed E-state index contributed by atoms with van der Waals surface area (Å²) in [6.45, 7) is -0.971. The molecule has 2 N–H and O–H groups in total. The van der Waals surface area contributed by atoms with E-state index in [1.165, 1.54) is 0 Å². The monoisotopic (exact) mass is 311 g/mol. The number of amides is 3. The van der Waals surface area contributed by atoms with Gasteiger partial charge in [0, 0.05) is 13.1 Å². The van der Waals surface area contributed by atoms with E-state index in [0.29, 0.717) is 9.80 Å². The molecule has 1 fully saturated rings. The summed E-state index contributed by atoms with van der Waals surface area (Å²) in [6.07, 6.45) is -4.32. The van der Waals surface area contributed by atoms with Gasteiger partial charge in [-0.15, -0.1) is 0 Å². The lowest BCUT2D eigenvalue weighted by molar-refractivity contribution is -0.147. The van der Waals surface area contributed by atoms with E-state index in [1.54, 1.807) is 6.92 Å². The Morgan fingerprint density at radius 3 is 2.57 bits per heavy atom. The molecule has 21 heavy (non-hydrogen) atoms.